The molecule has 4 heteroatoms. The molecule has 0 radical (unpaired) electrons. The minimum absolute atomic E-state index is 0.0856. The van der Waals surface area contributed by atoms with Gasteiger partial charge in [0.05, 0.1) is 0 Å². The molecule has 0 amide bonds. The highest BCUT2D eigenvalue weighted by atomic mass is 15.4. The summed E-state index contributed by atoms with van der Waals surface area (Å²) in [5.41, 5.74) is 5.17. The normalized spacial score (nSPS) is 18.4. The maximum absolute atomic E-state index is 2.46. The number of allylic oxidation sites excluding steroid dienone is 1. The van der Waals surface area contributed by atoms with Crippen molar-refractivity contribution in [3.05, 3.63) is 78.5 Å². The van der Waals surface area contributed by atoms with Crippen LogP contribution in [0, 0.1) is 5.41 Å². The molecule has 2 aromatic carbocycles. The smallest absolute Gasteiger partial charge is 0.395 e. The van der Waals surface area contributed by atoms with Crippen molar-refractivity contribution in [3.63, 3.8) is 0 Å². The number of benzene rings is 2. The van der Waals surface area contributed by atoms with Crippen LogP contribution in [0.5, 0.6) is 0 Å². The number of nitrogens with zero attached hydrogens (tertiary/aromatic N) is 3. The summed E-state index contributed by atoms with van der Waals surface area (Å²) in [7, 11) is 2.20. The maximum atomic E-state index is 2.46. The number of rotatable bonds is 2. The first-order valence-electron chi connectivity index (χ1n) is 10.1. The SMILES string of the molecule is CN1B(N2C=CN(c3ccccc3)C2(C)C)C=C(C(C)(C)C)c2ccccc21. The van der Waals surface area contributed by atoms with Gasteiger partial charge < -0.3 is 14.5 Å². The zero-order chi connectivity index (χ0) is 20.1. The first-order chi connectivity index (χ1) is 13.2. The van der Waals surface area contributed by atoms with Crippen molar-refractivity contribution < 1.29 is 0 Å². The van der Waals surface area contributed by atoms with Crippen LogP contribution in [0.4, 0.5) is 11.4 Å². The fourth-order valence-corrected chi connectivity index (χ4v) is 4.45. The molecule has 0 aliphatic carbocycles. The lowest BCUT2D eigenvalue weighted by Gasteiger charge is -2.47. The Hall–Kier alpha value is -2.62. The van der Waals surface area contributed by atoms with Crippen LogP contribution in [0.25, 0.3) is 5.57 Å². The topological polar surface area (TPSA) is 9.72 Å². The zero-order valence-electron chi connectivity index (χ0n) is 17.8. The van der Waals surface area contributed by atoms with Crippen LogP contribution in [0.15, 0.2) is 73.0 Å². The molecule has 0 N–H and O–H groups in total. The van der Waals surface area contributed by atoms with Crippen molar-refractivity contribution in [2.45, 2.75) is 40.3 Å². The maximum Gasteiger partial charge on any atom is 0.405 e. The molecule has 2 heterocycles. The Morgan fingerprint density at radius 1 is 0.857 bits per heavy atom. The average molecular weight is 371 g/mol. The van der Waals surface area contributed by atoms with Crippen LogP contribution < -0.4 is 9.71 Å². The molecule has 0 bridgehead atoms. The van der Waals surface area contributed by atoms with Gasteiger partial charge in [-0.3, -0.25) is 0 Å². The zero-order valence-corrected chi connectivity index (χ0v) is 17.8. The van der Waals surface area contributed by atoms with E-state index in [1.54, 1.807) is 0 Å². The van der Waals surface area contributed by atoms with Crippen LogP contribution in [0.2, 0.25) is 0 Å². The molecule has 0 fully saturated rings. The first-order valence-corrected chi connectivity index (χ1v) is 10.1. The highest BCUT2D eigenvalue weighted by Crippen LogP contribution is 2.44. The molecular formula is C24H30BN3. The first kappa shape index (κ1) is 18.7. The van der Waals surface area contributed by atoms with E-state index in [2.05, 4.69) is 129 Å². The summed E-state index contributed by atoms with van der Waals surface area (Å²) in [6.45, 7) is 11.7. The van der Waals surface area contributed by atoms with Gasteiger partial charge in [0.15, 0.2) is 0 Å². The van der Waals surface area contributed by atoms with Crippen LogP contribution >= 0.6 is 0 Å². The van der Waals surface area contributed by atoms with Gasteiger partial charge in [0.25, 0.3) is 0 Å². The van der Waals surface area contributed by atoms with Crippen molar-refractivity contribution in [2.24, 2.45) is 5.41 Å². The fraction of sp³-hybridized carbons (Fsp3) is 0.333. The second kappa shape index (κ2) is 6.47. The summed E-state index contributed by atoms with van der Waals surface area (Å²) < 4.78 is 0. The summed E-state index contributed by atoms with van der Waals surface area (Å²) >= 11 is 0. The highest BCUT2D eigenvalue weighted by Gasteiger charge is 2.45. The predicted molar refractivity (Wildman–Crippen MR) is 122 cm³/mol. The minimum atomic E-state index is -0.175. The second-order valence-electron chi connectivity index (χ2n) is 9.28. The molecule has 28 heavy (non-hydrogen) atoms. The largest absolute Gasteiger partial charge is 0.405 e. The van der Waals surface area contributed by atoms with Gasteiger partial charge in [-0.25, -0.2) is 0 Å². The summed E-state index contributed by atoms with van der Waals surface area (Å²) in [5, 5.41) is 0. The van der Waals surface area contributed by atoms with Crippen LogP contribution in [0.1, 0.15) is 40.2 Å². The van der Waals surface area contributed by atoms with E-state index in [0.717, 1.165) is 0 Å². The van der Waals surface area contributed by atoms with Gasteiger partial charge in [0, 0.05) is 23.8 Å². The van der Waals surface area contributed by atoms with E-state index in [-0.39, 0.29) is 18.1 Å². The van der Waals surface area contributed by atoms with Gasteiger partial charge in [-0.05, 0) is 55.6 Å². The van der Waals surface area contributed by atoms with E-state index >= 15 is 0 Å². The number of hydrogen-bond donors (Lipinski definition) is 0. The predicted octanol–water partition coefficient (Wildman–Crippen LogP) is 5.62. The fourth-order valence-electron chi connectivity index (χ4n) is 4.45. The quantitative estimate of drug-likeness (QED) is 0.634. The molecule has 0 unspecified atom stereocenters. The third-order valence-electron chi connectivity index (χ3n) is 6.01. The molecular weight excluding hydrogens is 341 g/mol. The van der Waals surface area contributed by atoms with Gasteiger partial charge in [0.1, 0.15) is 5.66 Å². The Kier molecular flexibility index (Phi) is 4.33. The number of para-hydroxylation sites is 2. The number of fused-ring (bicyclic) bond motifs is 1. The van der Waals surface area contributed by atoms with Crippen molar-refractivity contribution in [1.29, 1.82) is 0 Å². The molecule has 0 spiro atoms. The van der Waals surface area contributed by atoms with Gasteiger partial charge in [-0.15, -0.1) is 0 Å². The molecule has 0 saturated heterocycles. The molecule has 2 aliphatic heterocycles. The van der Waals surface area contributed by atoms with Gasteiger partial charge in [0.2, 0.25) is 0 Å². The van der Waals surface area contributed by atoms with Crippen molar-refractivity contribution in [1.82, 2.24) is 4.81 Å². The van der Waals surface area contributed by atoms with E-state index in [0.29, 0.717) is 0 Å². The summed E-state index contributed by atoms with van der Waals surface area (Å²) in [5.74, 6) is 2.45. The van der Waals surface area contributed by atoms with E-state index < -0.39 is 0 Å². The van der Waals surface area contributed by atoms with E-state index in [1.165, 1.54) is 22.5 Å². The molecule has 4 rings (SSSR count). The Bertz CT molecular complexity index is 924. The lowest BCUT2D eigenvalue weighted by Crippen LogP contribution is -2.60. The third-order valence-corrected chi connectivity index (χ3v) is 6.01. The lowest BCUT2D eigenvalue weighted by atomic mass is 9.61. The Morgan fingerprint density at radius 3 is 2.18 bits per heavy atom. The Balaban J connectivity index is 1.76. The molecule has 144 valence electrons. The monoisotopic (exact) mass is 371 g/mol. The van der Waals surface area contributed by atoms with E-state index in [1.807, 2.05) is 0 Å². The van der Waals surface area contributed by atoms with E-state index in [9.17, 15) is 0 Å². The average Bonchev–Trinajstić information content (AvgIpc) is 2.97. The lowest BCUT2D eigenvalue weighted by molar-refractivity contribution is 0.322. The van der Waals surface area contributed by atoms with Gasteiger partial charge >= 0.3 is 6.98 Å². The molecule has 0 atom stereocenters. The number of hydrogen-bond acceptors (Lipinski definition) is 3. The van der Waals surface area contributed by atoms with Crippen molar-refractivity contribution in [3.8, 4) is 0 Å². The Labute approximate surface area is 170 Å². The Morgan fingerprint density at radius 2 is 1.50 bits per heavy atom. The third kappa shape index (κ3) is 2.92. The minimum Gasteiger partial charge on any atom is -0.395 e. The summed E-state index contributed by atoms with van der Waals surface area (Å²) in [4.78, 5) is 7.21. The van der Waals surface area contributed by atoms with Gasteiger partial charge in [-0.2, -0.15) is 0 Å². The second-order valence-corrected chi connectivity index (χ2v) is 9.28. The summed E-state index contributed by atoms with van der Waals surface area (Å²) in [6, 6.07) is 19.4. The molecule has 2 aromatic rings. The van der Waals surface area contributed by atoms with Crippen LogP contribution in [-0.2, 0) is 0 Å². The standard InChI is InChI=1S/C24H30BN3/c1-23(2,3)21-18-25(26(6)22-15-11-10-14-20(21)22)28-17-16-27(24(28,4)5)19-12-8-7-9-13-19/h7-18H,1-6H3. The van der Waals surface area contributed by atoms with Crippen molar-refractivity contribution >= 4 is 23.9 Å². The van der Waals surface area contributed by atoms with Crippen molar-refractivity contribution in [2.75, 3.05) is 16.8 Å². The van der Waals surface area contributed by atoms with Gasteiger partial charge in [-0.1, -0.05) is 63.1 Å². The number of anilines is 2. The summed E-state index contributed by atoms with van der Waals surface area (Å²) in [6.07, 6.45) is 4.44. The van der Waals surface area contributed by atoms with Crippen LogP contribution in [-0.4, -0.2) is 24.5 Å². The van der Waals surface area contributed by atoms with E-state index in [4.69, 9.17) is 0 Å². The molecule has 3 nitrogen and oxygen atoms in total. The molecule has 0 saturated carbocycles. The molecule has 0 aromatic heterocycles. The highest BCUT2D eigenvalue weighted by molar-refractivity contribution is 6.68. The molecule has 2 aliphatic rings. The van der Waals surface area contributed by atoms with Crippen LogP contribution in [0.3, 0.4) is 0 Å².